The number of amides is 2. The molecule has 0 fully saturated rings. The van der Waals surface area contributed by atoms with Gasteiger partial charge in [-0.3, -0.25) is 9.59 Å². The van der Waals surface area contributed by atoms with Gasteiger partial charge in [0.25, 0.3) is 0 Å². The van der Waals surface area contributed by atoms with E-state index in [1.54, 1.807) is 4.90 Å². The SMILES string of the molecule is CC(=O)N(CCC(=O)Nc1c(C)cc(C)cc1Cl)C(C)(C)C. The number of hydrogen-bond donors (Lipinski definition) is 1. The van der Waals surface area contributed by atoms with Crippen LogP contribution in [0.15, 0.2) is 12.1 Å². The van der Waals surface area contributed by atoms with Gasteiger partial charge in [-0.2, -0.15) is 0 Å². The second kappa shape index (κ2) is 7.14. The van der Waals surface area contributed by atoms with Crippen LogP contribution in [0.3, 0.4) is 0 Å². The van der Waals surface area contributed by atoms with Gasteiger partial charge in [-0.15, -0.1) is 0 Å². The normalized spacial score (nSPS) is 11.2. The van der Waals surface area contributed by atoms with Crippen molar-refractivity contribution in [3.8, 4) is 0 Å². The molecule has 0 saturated carbocycles. The summed E-state index contributed by atoms with van der Waals surface area (Å²) in [4.78, 5) is 25.5. The van der Waals surface area contributed by atoms with Crippen molar-refractivity contribution in [3.63, 3.8) is 0 Å². The average molecular weight is 325 g/mol. The molecule has 22 heavy (non-hydrogen) atoms. The van der Waals surface area contributed by atoms with Gasteiger partial charge in [0.05, 0.1) is 10.7 Å². The van der Waals surface area contributed by atoms with Crippen LogP contribution in [0.5, 0.6) is 0 Å². The zero-order valence-corrected chi connectivity index (χ0v) is 15.0. The molecule has 0 bridgehead atoms. The maximum atomic E-state index is 12.1. The molecule has 1 aromatic carbocycles. The summed E-state index contributed by atoms with van der Waals surface area (Å²) in [5.74, 6) is -0.186. The van der Waals surface area contributed by atoms with Gasteiger partial charge in [0, 0.05) is 25.4 Å². The van der Waals surface area contributed by atoms with E-state index >= 15 is 0 Å². The first-order valence-electron chi connectivity index (χ1n) is 7.37. The highest BCUT2D eigenvalue weighted by molar-refractivity contribution is 6.34. The third-order valence-electron chi connectivity index (χ3n) is 3.45. The van der Waals surface area contributed by atoms with Gasteiger partial charge >= 0.3 is 0 Å². The van der Waals surface area contributed by atoms with E-state index in [0.717, 1.165) is 11.1 Å². The third kappa shape index (κ3) is 5.02. The van der Waals surface area contributed by atoms with Crippen LogP contribution in [0.25, 0.3) is 0 Å². The van der Waals surface area contributed by atoms with Crippen LogP contribution in [0.4, 0.5) is 5.69 Å². The smallest absolute Gasteiger partial charge is 0.226 e. The van der Waals surface area contributed by atoms with Gasteiger partial charge in [-0.25, -0.2) is 0 Å². The molecule has 0 heterocycles. The lowest BCUT2D eigenvalue weighted by Crippen LogP contribution is -2.45. The highest BCUT2D eigenvalue weighted by Crippen LogP contribution is 2.27. The van der Waals surface area contributed by atoms with Crippen LogP contribution in [0.1, 0.15) is 45.2 Å². The summed E-state index contributed by atoms with van der Waals surface area (Å²) < 4.78 is 0. The number of halogens is 1. The van der Waals surface area contributed by atoms with E-state index in [1.807, 2.05) is 46.8 Å². The van der Waals surface area contributed by atoms with Crippen molar-refractivity contribution in [2.75, 3.05) is 11.9 Å². The fourth-order valence-electron chi connectivity index (χ4n) is 2.45. The topological polar surface area (TPSA) is 49.4 Å². The second-order valence-electron chi connectivity index (χ2n) is 6.58. The van der Waals surface area contributed by atoms with Crippen molar-refractivity contribution >= 4 is 29.1 Å². The van der Waals surface area contributed by atoms with E-state index in [0.29, 0.717) is 17.3 Å². The molecule has 1 N–H and O–H groups in total. The summed E-state index contributed by atoms with van der Waals surface area (Å²) in [6, 6.07) is 3.79. The molecule has 1 aromatic rings. The molecule has 0 atom stereocenters. The first kappa shape index (κ1) is 18.5. The minimum absolute atomic E-state index is 0.0372. The Morgan fingerprint density at radius 2 is 1.82 bits per heavy atom. The second-order valence-corrected chi connectivity index (χ2v) is 6.99. The number of aryl methyl sites for hydroxylation is 2. The molecule has 0 spiro atoms. The number of hydrogen-bond acceptors (Lipinski definition) is 2. The Hall–Kier alpha value is -1.55. The van der Waals surface area contributed by atoms with Crippen LogP contribution < -0.4 is 5.32 Å². The lowest BCUT2D eigenvalue weighted by Gasteiger charge is -2.34. The molecule has 0 radical (unpaired) electrons. The Morgan fingerprint density at radius 3 is 2.27 bits per heavy atom. The quantitative estimate of drug-likeness (QED) is 0.912. The molecule has 4 nitrogen and oxygen atoms in total. The molecule has 1 rings (SSSR count). The standard InChI is InChI=1S/C17H25ClN2O2/c1-11-9-12(2)16(14(18)10-11)19-15(22)7-8-20(13(3)21)17(4,5)6/h9-10H,7-8H2,1-6H3,(H,19,22). The summed E-state index contributed by atoms with van der Waals surface area (Å²) in [7, 11) is 0. The van der Waals surface area contributed by atoms with Crippen LogP contribution in [0, 0.1) is 13.8 Å². The first-order chi connectivity index (χ1) is 10.0. The van der Waals surface area contributed by atoms with Crippen molar-refractivity contribution in [3.05, 3.63) is 28.3 Å². The van der Waals surface area contributed by atoms with E-state index in [9.17, 15) is 9.59 Å². The Morgan fingerprint density at radius 1 is 1.23 bits per heavy atom. The maximum Gasteiger partial charge on any atom is 0.226 e. The highest BCUT2D eigenvalue weighted by atomic mass is 35.5. The fraction of sp³-hybridized carbons (Fsp3) is 0.529. The zero-order chi connectivity index (χ0) is 17.1. The molecule has 0 aromatic heterocycles. The summed E-state index contributed by atoms with van der Waals surface area (Å²) in [5, 5.41) is 3.38. The summed E-state index contributed by atoms with van der Waals surface area (Å²) in [5.41, 5.74) is 2.32. The molecule has 2 amide bonds. The van der Waals surface area contributed by atoms with E-state index in [1.165, 1.54) is 6.92 Å². The molecule has 0 saturated heterocycles. The minimum Gasteiger partial charge on any atom is -0.338 e. The van der Waals surface area contributed by atoms with E-state index in [4.69, 9.17) is 11.6 Å². The van der Waals surface area contributed by atoms with Gasteiger partial charge in [0.1, 0.15) is 0 Å². The number of carbonyl (C=O) groups is 2. The average Bonchev–Trinajstić information content (AvgIpc) is 2.31. The van der Waals surface area contributed by atoms with Gasteiger partial charge in [0.2, 0.25) is 11.8 Å². The predicted molar refractivity (Wildman–Crippen MR) is 91.3 cm³/mol. The van der Waals surface area contributed by atoms with Crippen molar-refractivity contribution in [2.45, 2.75) is 53.5 Å². The fourth-order valence-corrected chi connectivity index (χ4v) is 2.82. The Kier molecular flexibility index (Phi) is 6.00. The van der Waals surface area contributed by atoms with Crippen molar-refractivity contribution in [1.29, 1.82) is 0 Å². The van der Waals surface area contributed by atoms with Crippen molar-refractivity contribution in [2.24, 2.45) is 0 Å². The molecule has 0 aliphatic heterocycles. The van der Waals surface area contributed by atoms with Crippen molar-refractivity contribution < 1.29 is 9.59 Å². The summed E-state index contributed by atoms with van der Waals surface area (Å²) in [6.07, 6.45) is 0.237. The van der Waals surface area contributed by atoms with Gasteiger partial charge in [0.15, 0.2) is 0 Å². The van der Waals surface area contributed by atoms with Gasteiger partial charge in [-0.05, 0) is 51.8 Å². The lowest BCUT2D eigenvalue weighted by atomic mass is 10.1. The van der Waals surface area contributed by atoms with E-state index in [2.05, 4.69) is 5.32 Å². The van der Waals surface area contributed by atoms with Crippen LogP contribution in [0.2, 0.25) is 5.02 Å². The number of anilines is 1. The van der Waals surface area contributed by atoms with Crippen LogP contribution >= 0.6 is 11.6 Å². The Labute approximate surface area is 137 Å². The third-order valence-corrected chi connectivity index (χ3v) is 3.75. The number of carbonyl (C=O) groups excluding carboxylic acids is 2. The first-order valence-corrected chi connectivity index (χ1v) is 7.75. The van der Waals surface area contributed by atoms with E-state index < -0.39 is 0 Å². The molecule has 0 aliphatic rings. The number of nitrogens with zero attached hydrogens (tertiary/aromatic N) is 1. The lowest BCUT2D eigenvalue weighted by molar-refractivity contribution is -0.134. The molecular weight excluding hydrogens is 300 g/mol. The summed E-state index contributed by atoms with van der Waals surface area (Å²) >= 11 is 6.19. The van der Waals surface area contributed by atoms with Gasteiger partial charge in [-0.1, -0.05) is 17.7 Å². The monoisotopic (exact) mass is 324 g/mol. The molecule has 0 unspecified atom stereocenters. The van der Waals surface area contributed by atoms with Crippen LogP contribution in [-0.4, -0.2) is 28.8 Å². The van der Waals surface area contributed by atoms with Crippen LogP contribution in [-0.2, 0) is 9.59 Å². The Balaban J connectivity index is 2.74. The minimum atomic E-state index is -0.302. The largest absolute Gasteiger partial charge is 0.338 e. The number of nitrogens with one attached hydrogen (secondary N) is 1. The van der Waals surface area contributed by atoms with E-state index in [-0.39, 0.29) is 23.8 Å². The summed E-state index contributed by atoms with van der Waals surface area (Å²) in [6.45, 7) is 11.6. The predicted octanol–water partition coefficient (Wildman–Crippen LogP) is 3.93. The Bertz CT molecular complexity index is 554. The maximum absolute atomic E-state index is 12.1. The highest BCUT2D eigenvalue weighted by Gasteiger charge is 2.24. The zero-order valence-electron chi connectivity index (χ0n) is 14.2. The van der Waals surface area contributed by atoms with Crippen molar-refractivity contribution in [1.82, 2.24) is 4.90 Å². The number of benzene rings is 1. The molecule has 5 heteroatoms. The molecule has 122 valence electrons. The molecule has 0 aliphatic carbocycles. The molecular formula is C17H25ClN2O2. The van der Waals surface area contributed by atoms with Gasteiger partial charge < -0.3 is 10.2 Å². The number of rotatable bonds is 4.